The molecule has 1 aromatic carbocycles. The van der Waals surface area contributed by atoms with Gasteiger partial charge in [0, 0.05) is 12.5 Å². The zero-order chi connectivity index (χ0) is 15.6. The minimum atomic E-state index is -3.38. The van der Waals surface area contributed by atoms with Gasteiger partial charge in [0.25, 0.3) is 0 Å². The molecule has 0 spiro atoms. The number of nitrogens with zero attached hydrogens (tertiary/aromatic N) is 1. The van der Waals surface area contributed by atoms with Gasteiger partial charge in [0.15, 0.2) is 9.84 Å². The van der Waals surface area contributed by atoms with Gasteiger partial charge in [-0.1, -0.05) is 17.7 Å². The Bertz CT molecular complexity index is 804. The summed E-state index contributed by atoms with van der Waals surface area (Å²) >= 11 is 5.90. The standard InChI is InChI=1S/C13H10ClNO5S/c1-21(18,19)9-4-2-3-8(7-9)20-12-11(14)10(13(16)17)5-6-15-12/h2-7H,1H3,(H,16,17). The van der Waals surface area contributed by atoms with E-state index in [0.29, 0.717) is 0 Å². The van der Waals surface area contributed by atoms with E-state index >= 15 is 0 Å². The fourth-order valence-electron chi connectivity index (χ4n) is 1.54. The molecule has 0 atom stereocenters. The maximum atomic E-state index is 11.5. The molecular weight excluding hydrogens is 318 g/mol. The SMILES string of the molecule is CS(=O)(=O)c1cccc(Oc2nccc(C(=O)O)c2Cl)c1. The number of aromatic carboxylic acids is 1. The molecule has 110 valence electrons. The van der Waals surface area contributed by atoms with Gasteiger partial charge in [-0.05, 0) is 24.3 Å². The average Bonchev–Trinajstić information content (AvgIpc) is 2.40. The van der Waals surface area contributed by atoms with Gasteiger partial charge in [-0.15, -0.1) is 0 Å². The highest BCUT2D eigenvalue weighted by atomic mass is 35.5. The Morgan fingerprint density at radius 2 is 2.05 bits per heavy atom. The summed E-state index contributed by atoms with van der Waals surface area (Å²) in [5, 5.41) is 8.80. The van der Waals surface area contributed by atoms with Crippen LogP contribution in [-0.4, -0.2) is 30.7 Å². The predicted octanol–water partition coefficient (Wildman–Crippen LogP) is 2.63. The molecule has 1 heterocycles. The van der Waals surface area contributed by atoms with Crippen LogP contribution in [0.2, 0.25) is 5.02 Å². The highest BCUT2D eigenvalue weighted by Gasteiger charge is 2.15. The summed E-state index contributed by atoms with van der Waals surface area (Å²) in [7, 11) is -3.38. The van der Waals surface area contributed by atoms with E-state index in [0.717, 1.165) is 6.26 Å². The first-order valence-electron chi connectivity index (χ1n) is 5.65. The minimum absolute atomic E-state index is 0.0745. The number of pyridine rings is 1. The maximum absolute atomic E-state index is 11.5. The van der Waals surface area contributed by atoms with Gasteiger partial charge in [0.2, 0.25) is 5.88 Å². The van der Waals surface area contributed by atoms with Crippen LogP contribution < -0.4 is 4.74 Å². The van der Waals surface area contributed by atoms with Crippen molar-refractivity contribution >= 4 is 27.4 Å². The van der Waals surface area contributed by atoms with E-state index in [1.54, 1.807) is 0 Å². The molecule has 0 aliphatic rings. The molecule has 0 aliphatic carbocycles. The molecule has 8 heteroatoms. The van der Waals surface area contributed by atoms with Crippen LogP contribution in [0.1, 0.15) is 10.4 Å². The lowest BCUT2D eigenvalue weighted by molar-refractivity contribution is 0.0696. The predicted molar refractivity (Wildman–Crippen MR) is 75.8 cm³/mol. The zero-order valence-electron chi connectivity index (χ0n) is 10.8. The Labute approximate surface area is 125 Å². The van der Waals surface area contributed by atoms with Crippen molar-refractivity contribution in [2.45, 2.75) is 4.90 Å². The molecule has 0 unspecified atom stereocenters. The second-order valence-electron chi connectivity index (χ2n) is 4.13. The van der Waals surface area contributed by atoms with Crippen LogP contribution in [0, 0.1) is 0 Å². The zero-order valence-corrected chi connectivity index (χ0v) is 12.4. The van der Waals surface area contributed by atoms with Crippen LogP contribution in [0.3, 0.4) is 0 Å². The fourth-order valence-corrected chi connectivity index (χ4v) is 2.43. The van der Waals surface area contributed by atoms with Crippen LogP contribution in [0.5, 0.6) is 11.6 Å². The minimum Gasteiger partial charge on any atom is -0.478 e. The first-order chi connectivity index (χ1) is 9.79. The van der Waals surface area contributed by atoms with Crippen molar-refractivity contribution in [1.29, 1.82) is 0 Å². The second-order valence-corrected chi connectivity index (χ2v) is 6.53. The number of sulfone groups is 1. The first-order valence-corrected chi connectivity index (χ1v) is 7.92. The molecule has 0 amide bonds. The molecule has 2 rings (SSSR count). The van der Waals surface area contributed by atoms with Crippen LogP contribution in [0.15, 0.2) is 41.4 Å². The third-order valence-electron chi connectivity index (χ3n) is 2.54. The van der Waals surface area contributed by atoms with E-state index in [4.69, 9.17) is 21.4 Å². The first kappa shape index (κ1) is 15.3. The summed E-state index contributed by atoms with van der Waals surface area (Å²) in [6, 6.07) is 6.98. The summed E-state index contributed by atoms with van der Waals surface area (Å²) in [6.07, 6.45) is 2.31. The van der Waals surface area contributed by atoms with E-state index in [9.17, 15) is 13.2 Å². The van der Waals surface area contributed by atoms with Crippen LogP contribution >= 0.6 is 11.6 Å². The molecule has 0 radical (unpaired) electrons. The molecule has 0 bridgehead atoms. The molecule has 0 saturated heterocycles. The largest absolute Gasteiger partial charge is 0.478 e. The van der Waals surface area contributed by atoms with E-state index in [1.807, 2.05) is 0 Å². The molecule has 1 aromatic heterocycles. The molecule has 0 saturated carbocycles. The van der Waals surface area contributed by atoms with Crippen molar-refractivity contribution in [3.63, 3.8) is 0 Å². The highest BCUT2D eigenvalue weighted by molar-refractivity contribution is 7.90. The highest BCUT2D eigenvalue weighted by Crippen LogP contribution is 2.30. The quantitative estimate of drug-likeness (QED) is 0.927. The number of halogens is 1. The summed E-state index contributed by atoms with van der Waals surface area (Å²) in [4.78, 5) is 14.9. The van der Waals surface area contributed by atoms with Gasteiger partial charge in [-0.3, -0.25) is 0 Å². The number of hydrogen-bond donors (Lipinski definition) is 1. The smallest absolute Gasteiger partial charge is 0.337 e. The number of aromatic nitrogens is 1. The van der Waals surface area contributed by atoms with Gasteiger partial charge < -0.3 is 9.84 Å². The summed E-state index contributed by atoms with van der Waals surface area (Å²) in [5.41, 5.74) is -0.152. The van der Waals surface area contributed by atoms with E-state index < -0.39 is 15.8 Å². The number of carboxylic acid groups (broad SMARTS) is 1. The summed E-state index contributed by atoms with van der Waals surface area (Å²) in [5.74, 6) is -1.13. The molecular formula is C13H10ClNO5S. The van der Waals surface area contributed by atoms with Crippen LogP contribution in [-0.2, 0) is 9.84 Å². The third kappa shape index (κ3) is 3.50. The Morgan fingerprint density at radius 3 is 2.67 bits per heavy atom. The molecule has 0 fully saturated rings. The number of carboxylic acids is 1. The van der Waals surface area contributed by atoms with Gasteiger partial charge >= 0.3 is 5.97 Å². The third-order valence-corrected chi connectivity index (χ3v) is 4.01. The molecule has 6 nitrogen and oxygen atoms in total. The van der Waals surface area contributed by atoms with Gasteiger partial charge in [-0.25, -0.2) is 18.2 Å². The Morgan fingerprint density at radius 1 is 1.33 bits per heavy atom. The number of carbonyl (C=O) groups is 1. The number of rotatable bonds is 4. The molecule has 1 N–H and O–H groups in total. The Hall–Kier alpha value is -2.12. The number of ether oxygens (including phenoxy) is 1. The average molecular weight is 328 g/mol. The van der Waals surface area contributed by atoms with E-state index in [1.165, 1.54) is 36.5 Å². The summed E-state index contributed by atoms with van der Waals surface area (Å²) in [6.45, 7) is 0. The van der Waals surface area contributed by atoms with Crippen molar-refractivity contribution < 1.29 is 23.1 Å². The molecule has 0 aliphatic heterocycles. The maximum Gasteiger partial charge on any atom is 0.337 e. The van der Waals surface area contributed by atoms with Crippen LogP contribution in [0.4, 0.5) is 0 Å². The van der Waals surface area contributed by atoms with E-state index in [-0.39, 0.29) is 27.1 Å². The Kier molecular flexibility index (Phi) is 4.15. The van der Waals surface area contributed by atoms with Crippen molar-refractivity contribution in [2.75, 3.05) is 6.26 Å². The lowest BCUT2D eigenvalue weighted by Crippen LogP contribution is -2.01. The topological polar surface area (TPSA) is 93.6 Å². The normalized spacial score (nSPS) is 11.1. The Balaban J connectivity index is 2.40. The molecule has 2 aromatic rings. The number of benzene rings is 1. The van der Waals surface area contributed by atoms with E-state index in [2.05, 4.69) is 4.98 Å². The van der Waals surface area contributed by atoms with Gasteiger partial charge in [0.05, 0.1) is 10.5 Å². The van der Waals surface area contributed by atoms with Gasteiger partial charge in [-0.2, -0.15) is 0 Å². The van der Waals surface area contributed by atoms with Gasteiger partial charge in [0.1, 0.15) is 10.8 Å². The monoisotopic (exact) mass is 327 g/mol. The van der Waals surface area contributed by atoms with Crippen molar-refractivity contribution in [3.8, 4) is 11.6 Å². The molecule has 21 heavy (non-hydrogen) atoms. The number of hydrogen-bond acceptors (Lipinski definition) is 5. The lowest BCUT2D eigenvalue weighted by Gasteiger charge is -2.08. The lowest BCUT2D eigenvalue weighted by atomic mass is 10.2. The van der Waals surface area contributed by atoms with Crippen molar-refractivity contribution in [3.05, 3.63) is 47.1 Å². The second kappa shape index (κ2) is 5.71. The summed E-state index contributed by atoms with van der Waals surface area (Å²) < 4.78 is 28.3. The van der Waals surface area contributed by atoms with Crippen molar-refractivity contribution in [1.82, 2.24) is 4.98 Å². The fraction of sp³-hybridized carbons (Fsp3) is 0.0769. The van der Waals surface area contributed by atoms with Crippen LogP contribution in [0.25, 0.3) is 0 Å². The van der Waals surface area contributed by atoms with Crippen molar-refractivity contribution in [2.24, 2.45) is 0 Å².